The number of aromatic nitrogens is 2. The molecule has 7 nitrogen and oxygen atoms in total. The lowest BCUT2D eigenvalue weighted by atomic mass is 9.97. The fraction of sp³-hybridized carbons (Fsp3) is 0.286. The van der Waals surface area contributed by atoms with Gasteiger partial charge in [-0.2, -0.15) is 0 Å². The second-order valence-corrected chi connectivity index (χ2v) is 7.08. The quantitative estimate of drug-likeness (QED) is 0.674. The molecule has 1 atom stereocenters. The predicted octanol–water partition coefficient (Wildman–Crippen LogP) is 3.62. The Hall–Kier alpha value is -3.42. The number of benzene rings is 2. The van der Waals surface area contributed by atoms with E-state index in [-0.39, 0.29) is 24.2 Å². The zero-order valence-electron chi connectivity index (χ0n) is 15.5. The van der Waals surface area contributed by atoms with Crippen molar-refractivity contribution in [3.05, 3.63) is 59.7 Å². The number of rotatable bonds is 3. The maximum Gasteiger partial charge on any atom is 0.256 e. The third-order valence-electron chi connectivity index (χ3n) is 5.22. The summed E-state index contributed by atoms with van der Waals surface area (Å²) in [6, 6.07) is 11.5. The molecule has 148 valence electrons. The molecule has 5 rings (SSSR count). The predicted molar refractivity (Wildman–Crippen MR) is 100 cm³/mol. The van der Waals surface area contributed by atoms with Crippen LogP contribution < -0.4 is 9.47 Å². The molecule has 0 spiro atoms. The van der Waals surface area contributed by atoms with E-state index >= 15 is 0 Å². The van der Waals surface area contributed by atoms with Gasteiger partial charge in [0, 0.05) is 18.7 Å². The van der Waals surface area contributed by atoms with Gasteiger partial charge in [-0.3, -0.25) is 4.79 Å². The largest absolute Gasteiger partial charge is 0.454 e. The summed E-state index contributed by atoms with van der Waals surface area (Å²) in [5, 5.41) is 8.35. The minimum Gasteiger partial charge on any atom is -0.454 e. The molecule has 2 aliphatic rings. The number of halogens is 1. The first kappa shape index (κ1) is 17.7. The maximum atomic E-state index is 14.0. The van der Waals surface area contributed by atoms with Crippen LogP contribution in [0.3, 0.4) is 0 Å². The number of fused-ring (bicyclic) bond motifs is 1. The monoisotopic (exact) mass is 395 g/mol. The Bertz CT molecular complexity index is 1070. The minimum absolute atomic E-state index is 0.0831. The highest BCUT2D eigenvalue weighted by atomic mass is 19.1. The van der Waals surface area contributed by atoms with E-state index in [9.17, 15) is 9.18 Å². The van der Waals surface area contributed by atoms with Crippen LogP contribution in [0.1, 0.15) is 35.0 Å². The molecule has 0 N–H and O–H groups in total. The summed E-state index contributed by atoms with van der Waals surface area (Å²) in [4.78, 5) is 14.4. The van der Waals surface area contributed by atoms with E-state index in [4.69, 9.17) is 13.9 Å². The van der Waals surface area contributed by atoms with Gasteiger partial charge in [0.25, 0.3) is 5.91 Å². The van der Waals surface area contributed by atoms with E-state index < -0.39 is 5.82 Å². The molecule has 1 amide bonds. The number of likely N-dealkylation sites (tertiary alicyclic amines) is 1. The fourth-order valence-electron chi connectivity index (χ4n) is 3.71. The average Bonchev–Trinajstić information content (AvgIpc) is 3.43. The molecule has 2 aliphatic heterocycles. The van der Waals surface area contributed by atoms with Gasteiger partial charge in [0.05, 0.1) is 11.5 Å². The number of nitrogens with zero attached hydrogens (tertiary/aromatic N) is 3. The van der Waals surface area contributed by atoms with Crippen molar-refractivity contribution in [2.24, 2.45) is 0 Å². The third kappa shape index (κ3) is 3.30. The Morgan fingerprint density at radius 2 is 1.97 bits per heavy atom. The lowest BCUT2D eigenvalue weighted by Gasteiger charge is -2.31. The van der Waals surface area contributed by atoms with Crippen molar-refractivity contribution in [3.8, 4) is 23.0 Å². The van der Waals surface area contributed by atoms with Crippen molar-refractivity contribution in [2.45, 2.75) is 18.8 Å². The smallest absolute Gasteiger partial charge is 0.256 e. The van der Waals surface area contributed by atoms with E-state index in [1.165, 1.54) is 12.1 Å². The van der Waals surface area contributed by atoms with Gasteiger partial charge in [-0.1, -0.05) is 12.1 Å². The Balaban J connectivity index is 1.34. The SMILES string of the molecule is O=C(c1ccccc1F)N1CCC[C@H](c2nnc(-c3ccc4c(c3)OCO4)o2)C1. The van der Waals surface area contributed by atoms with Crippen molar-refractivity contribution in [1.82, 2.24) is 15.1 Å². The highest BCUT2D eigenvalue weighted by molar-refractivity contribution is 5.94. The second kappa shape index (κ2) is 7.20. The average molecular weight is 395 g/mol. The number of piperidine rings is 1. The molecule has 29 heavy (non-hydrogen) atoms. The van der Waals surface area contributed by atoms with Gasteiger partial charge >= 0.3 is 0 Å². The lowest BCUT2D eigenvalue weighted by Crippen LogP contribution is -2.39. The fourth-order valence-corrected chi connectivity index (χ4v) is 3.71. The van der Waals surface area contributed by atoms with Gasteiger partial charge in [0.1, 0.15) is 5.82 Å². The number of carbonyl (C=O) groups excluding carboxylic acids is 1. The normalized spacial score (nSPS) is 18.1. The molecular formula is C21H18FN3O4. The summed E-state index contributed by atoms with van der Waals surface area (Å²) < 4.78 is 30.6. The molecule has 1 fully saturated rings. The van der Waals surface area contributed by atoms with Crippen LogP contribution in [-0.4, -0.2) is 40.9 Å². The summed E-state index contributed by atoms with van der Waals surface area (Å²) in [6.45, 7) is 1.19. The highest BCUT2D eigenvalue weighted by Gasteiger charge is 2.30. The minimum atomic E-state index is -0.512. The number of hydrogen-bond acceptors (Lipinski definition) is 6. The summed E-state index contributed by atoms with van der Waals surface area (Å²) in [6.07, 6.45) is 1.61. The first-order chi connectivity index (χ1) is 14.2. The van der Waals surface area contributed by atoms with Gasteiger partial charge in [-0.05, 0) is 43.2 Å². The lowest BCUT2D eigenvalue weighted by molar-refractivity contribution is 0.0693. The topological polar surface area (TPSA) is 77.7 Å². The zero-order chi connectivity index (χ0) is 19.8. The van der Waals surface area contributed by atoms with Crippen LogP contribution in [0.2, 0.25) is 0 Å². The molecule has 1 saturated heterocycles. The van der Waals surface area contributed by atoms with Gasteiger partial charge in [0.15, 0.2) is 11.5 Å². The van der Waals surface area contributed by atoms with E-state index in [2.05, 4.69) is 10.2 Å². The first-order valence-corrected chi connectivity index (χ1v) is 9.46. The van der Waals surface area contributed by atoms with E-state index in [0.29, 0.717) is 36.4 Å². The molecule has 2 aromatic carbocycles. The Morgan fingerprint density at radius 1 is 1.10 bits per heavy atom. The Labute approximate surface area is 166 Å². The van der Waals surface area contributed by atoms with Crippen LogP contribution in [0.25, 0.3) is 11.5 Å². The molecular weight excluding hydrogens is 377 g/mol. The molecule has 0 aliphatic carbocycles. The van der Waals surface area contributed by atoms with Gasteiger partial charge in [0.2, 0.25) is 18.6 Å². The van der Waals surface area contributed by atoms with Crippen molar-refractivity contribution in [1.29, 1.82) is 0 Å². The van der Waals surface area contributed by atoms with Crippen LogP contribution >= 0.6 is 0 Å². The molecule has 0 radical (unpaired) electrons. The molecule has 8 heteroatoms. The third-order valence-corrected chi connectivity index (χ3v) is 5.22. The van der Waals surface area contributed by atoms with Crippen LogP contribution in [-0.2, 0) is 0 Å². The molecule has 0 unspecified atom stereocenters. The van der Waals surface area contributed by atoms with Crippen molar-refractivity contribution in [2.75, 3.05) is 19.9 Å². The number of hydrogen-bond donors (Lipinski definition) is 0. The summed E-state index contributed by atoms with van der Waals surface area (Å²) in [7, 11) is 0. The van der Waals surface area contributed by atoms with Crippen molar-refractivity contribution >= 4 is 5.91 Å². The van der Waals surface area contributed by atoms with Crippen LogP contribution in [0.15, 0.2) is 46.9 Å². The van der Waals surface area contributed by atoms with E-state index in [1.807, 2.05) is 6.07 Å². The summed E-state index contributed by atoms with van der Waals surface area (Å²) >= 11 is 0. The van der Waals surface area contributed by atoms with Crippen molar-refractivity contribution in [3.63, 3.8) is 0 Å². The standard InChI is InChI=1S/C21H18FN3O4/c22-16-6-2-1-5-15(16)21(26)25-9-3-4-14(11-25)20-24-23-19(29-20)13-7-8-17-18(10-13)28-12-27-17/h1-2,5-8,10,14H,3-4,9,11-12H2/t14-/m0/s1. The van der Waals surface area contributed by atoms with Gasteiger partial charge < -0.3 is 18.8 Å². The van der Waals surface area contributed by atoms with E-state index in [1.54, 1.807) is 29.2 Å². The van der Waals surface area contributed by atoms with Crippen LogP contribution in [0.4, 0.5) is 4.39 Å². The Morgan fingerprint density at radius 3 is 2.86 bits per heavy atom. The zero-order valence-corrected chi connectivity index (χ0v) is 15.5. The van der Waals surface area contributed by atoms with Gasteiger partial charge in [-0.25, -0.2) is 4.39 Å². The van der Waals surface area contributed by atoms with E-state index in [0.717, 1.165) is 18.4 Å². The number of ether oxygens (including phenoxy) is 2. The molecule has 0 saturated carbocycles. The van der Waals surface area contributed by atoms with Crippen LogP contribution in [0.5, 0.6) is 11.5 Å². The molecule has 3 aromatic rings. The highest BCUT2D eigenvalue weighted by Crippen LogP contribution is 2.36. The second-order valence-electron chi connectivity index (χ2n) is 7.08. The van der Waals surface area contributed by atoms with Crippen molar-refractivity contribution < 1.29 is 23.1 Å². The molecule has 3 heterocycles. The Kier molecular flexibility index (Phi) is 4.38. The summed E-state index contributed by atoms with van der Waals surface area (Å²) in [5.74, 6) is 1.27. The maximum absolute atomic E-state index is 14.0. The first-order valence-electron chi connectivity index (χ1n) is 9.46. The summed E-state index contributed by atoms with van der Waals surface area (Å²) in [5.41, 5.74) is 0.822. The van der Waals surface area contributed by atoms with Gasteiger partial charge in [-0.15, -0.1) is 10.2 Å². The number of amides is 1. The molecule has 1 aromatic heterocycles. The van der Waals surface area contributed by atoms with Crippen LogP contribution in [0, 0.1) is 5.82 Å². The molecule has 0 bridgehead atoms. The number of carbonyl (C=O) groups is 1.